The first kappa shape index (κ1) is 22.3. The molecular weight excluding hydrogens is 458 g/mol. The lowest BCUT2D eigenvalue weighted by atomic mass is 9.96. The Bertz CT molecular complexity index is 1470. The Morgan fingerprint density at radius 3 is 2.59 bits per heavy atom. The van der Waals surface area contributed by atoms with Gasteiger partial charge in [0.05, 0.1) is 0 Å². The summed E-state index contributed by atoms with van der Waals surface area (Å²) in [5.74, 6) is 0.726. The van der Waals surface area contributed by atoms with Crippen molar-refractivity contribution in [1.29, 1.82) is 0 Å². The number of hydrogen-bond acceptors (Lipinski definition) is 8. The van der Waals surface area contributed by atoms with Crippen molar-refractivity contribution in [3.63, 3.8) is 0 Å². The number of nitrogens with two attached hydrogens (primary N) is 1. The van der Waals surface area contributed by atoms with Crippen LogP contribution in [0.4, 0.5) is 5.95 Å². The average Bonchev–Trinajstić information content (AvgIpc) is 3.43. The van der Waals surface area contributed by atoms with Crippen molar-refractivity contribution >= 4 is 45.9 Å². The van der Waals surface area contributed by atoms with Gasteiger partial charge >= 0.3 is 5.69 Å². The van der Waals surface area contributed by atoms with E-state index in [1.54, 1.807) is 7.05 Å². The summed E-state index contributed by atoms with van der Waals surface area (Å²) in [6.07, 6.45) is 1.24. The van der Waals surface area contributed by atoms with E-state index < -0.39 is 11.2 Å². The van der Waals surface area contributed by atoms with Crippen LogP contribution in [0.1, 0.15) is 12.8 Å². The second-order valence-corrected chi connectivity index (χ2v) is 9.45. The number of anilines is 1. The molecule has 1 aromatic carbocycles. The molecule has 4 aromatic rings. The third-order valence-corrected chi connectivity index (χ3v) is 7.13. The van der Waals surface area contributed by atoms with Gasteiger partial charge in [-0.05, 0) is 25.0 Å². The van der Waals surface area contributed by atoms with Gasteiger partial charge in [-0.3, -0.25) is 18.7 Å². The van der Waals surface area contributed by atoms with Crippen LogP contribution < -0.4 is 21.9 Å². The molecule has 0 aliphatic carbocycles. The van der Waals surface area contributed by atoms with Gasteiger partial charge in [0.25, 0.3) is 10.8 Å². The van der Waals surface area contributed by atoms with Crippen molar-refractivity contribution in [2.45, 2.75) is 24.6 Å². The highest BCUT2D eigenvalue weighted by molar-refractivity contribution is 7.99. The van der Waals surface area contributed by atoms with Crippen molar-refractivity contribution in [2.24, 2.45) is 25.7 Å². The van der Waals surface area contributed by atoms with Gasteiger partial charge in [-0.1, -0.05) is 23.9 Å². The number of benzene rings is 1. The number of fused-ring (bicyclic) bond motifs is 2. The molecule has 1 amide bonds. The van der Waals surface area contributed by atoms with E-state index in [-0.39, 0.29) is 11.8 Å². The minimum atomic E-state index is -0.429. The fourth-order valence-electron chi connectivity index (χ4n) is 4.39. The number of aromatic nitrogens is 5. The molecule has 178 valence electrons. The SMILES string of the molecule is Cn1c(=O)c2c(nc(N3CCC(C(N)=O)CC3)n2CCSc2nc3ccccc3o2)n(C)c1=O. The van der Waals surface area contributed by atoms with E-state index in [0.717, 1.165) is 15.7 Å². The quantitative estimate of drug-likeness (QED) is 0.403. The van der Waals surface area contributed by atoms with Gasteiger partial charge < -0.3 is 19.6 Å². The predicted molar refractivity (Wildman–Crippen MR) is 129 cm³/mol. The van der Waals surface area contributed by atoms with Crippen molar-refractivity contribution in [3.8, 4) is 0 Å². The third kappa shape index (κ3) is 3.77. The number of piperidine rings is 1. The summed E-state index contributed by atoms with van der Waals surface area (Å²) in [5, 5.41) is 0.551. The number of carbonyl (C=O) groups is 1. The van der Waals surface area contributed by atoms with Crippen molar-refractivity contribution in [3.05, 3.63) is 45.1 Å². The average molecular weight is 484 g/mol. The molecular formula is C22H25N7O4S. The first-order chi connectivity index (χ1) is 16.3. The first-order valence-electron chi connectivity index (χ1n) is 11.0. The van der Waals surface area contributed by atoms with E-state index in [1.165, 1.54) is 23.4 Å². The van der Waals surface area contributed by atoms with Crippen LogP contribution in [0.15, 0.2) is 43.5 Å². The largest absolute Gasteiger partial charge is 0.431 e. The van der Waals surface area contributed by atoms with Crippen LogP contribution in [-0.2, 0) is 25.4 Å². The maximum Gasteiger partial charge on any atom is 0.332 e. The van der Waals surface area contributed by atoms with Gasteiger partial charge in [-0.25, -0.2) is 9.78 Å². The summed E-state index contributed by atoms with van der Waals surface area (Å²) >= 11 is 1.45. The molecule has 0 atom stereocenters. The summed E-state index contributed by atoms with van der Waals surface area (Å²) in [6.45, 7) is 1.63. The molecule has 34 heavy (non-hydrogen) atoms. The third-order valence-electron chi connectivity index (χ3n) is 6.32. The molecule has 0 bridgehead atoms. The van der Waals surface area contributed by atoms with Crippen LogP contribution in [0.2, 0.25) is 0 Å². The van der Waals surface area contributed by atoms with E-state index in [4.69, 9.17) is 15.1 Å². The van der Waals surface area contributed by atoms with Crippen LogP contribution in [0.3, 0.4) is 0 Å². The minimum Gasteiger partial charge on any atom is -0.431 e. The fourth-order valence-corrected chi connectivity index (χ4v) is 5.15. The summed E-state index contributed by atoms with van der Waals surface area (Å²) in [6, 6.07) is 7.57. The first-order valence-corrected chi connectivity index (χ1v) is 12.0. The zero-order valence-electron chi connectivity index (χ0n) is 18.9. The molecule has 4 heterocycles. The number of para-hydroxylation sites is 2. The Morgan fingerprint density at radius 1 is 1.15 bits per heavy atom. The monoisotopic (exact) mass is 483 g/mol. The van der Waals surface area contributed by atoms with Crippen molar-refractivity contribution in [1.82, 2.24) is 23.7 Å². The molecule has 0 saturated carbocycles. The number of oxazole rings is 1. The molecule has 0 spiro atoms. The Kier molecular flexibility index (Phi) is 5.68. The number of aryl methyl sites for hydroxylation is 2. The van der Waals surface area contributed by atoms with Gasteiger partial charge in [0.1, 0.15) is 5.52 Å². The Hall–Kier alpha value is -3.54. The van der Waals surface area contributed by atoms with Crippen molar-refractivity contribution in [2.75, 3.05) is 23.7 Å². The van der Waals surface area contributed by atoms with Crippen LogP contribution in [0.25, 0.3) is 22.3 Å². The fraction of sp³-hybridized carbons (Fsp3) is 0.409. The summed E-state index contributed by atoms with van der Waals surface area (Å²) in [5.41, 5.74) is 6.89. The molecule has 0 unspecified atom stereocenters. The zero-order valence-corrected chi connectivity index (χ0v) is 19.7. The number of rotatable bonds is 6. The van der Waals surface area contributed by atoms with Crippen molar-refractivity contribution < 1.29 is 9.21 Å². The van der Waals surface area contributed by atoms with Gasteiger partial charge in [0.15, 0.2) is 16.7 Å². The topological polar surface area (TPSA) is 134 Å². The number of amides is 1. The maximum atomic E-state index is 13.1. The molecule has 0 radical (unpaired) electrons. The summed E-state index contributed by atoms with van der Waals surface area (Å²) in [7, 11) is 3.07. The number of thioether (sulfide) groups is 1. The highest BCUT2D eigenvalue weighted by Crippen LogP contribution is 2.27. The summed E-state index contributed by atoms with van der Waals surface area (Å²) in [4.78, 5) is 48.4. The molecule has 11 nitrogen and oxygen atoms in total. The van der Waals surface area contributed by atoms with Gasteiger partial charge in [-0.15, -0.1) is 0 Å². The number of hydrogen-bond donors (Lipinski definition) is 1. The van der Waals surface area contributed by atoms with Crippen LogP contribution >= 0.6 is 11.8 Å². The molecule has 1 aliphatic rings. The molecule has 2 N–H and O–H groups in total. The van der Waals surface area contributed by atoms with E-state index >= 15 is 0 Å². The smallest absolute Gasteiger partial charge is 0.332 e. The molecule has 1 aliphatic heterocycles. The second kappa shape index (κ2) is 8.67. The van der Waals surface area contributed by atoms with Gasteiger partial charge in [0, 0.05) is 45.4 Å². The lowest BCUT2D eigenvalue weighted by Crippen LogP contribution is -2.40. The summed E-state index contributed by atoms with van der Waals surface area (Å²) < 4.78 is 10.1. The van der Waals surface area contributed by atoms with Gasteiger partial charge in [-0.2, -0.15) is 4.98 Å². The minimum absolute atomic E-state index is 0.166. The number of nitrogens with zero attached hydrogens (tertiary/aromatic N) is 6. The van der Waals surface area contributed by atoms with Crippen LogP contribution in [0, 0.1) is 5.92 Å². The standard InChI is InChI=1S/C22H25N7O4S/c1-26-18-16(19(31)27(2)22(26)32)29(20(25-18)28-9-7-13(8-10-28)17(23)30)11-12-34-21-24-14-5-3-4-6-15(14)33-21/h3-6,13H,7-12H2,1-2H3,(H2,23,30). The van der Waals surface area contributed by atoms with Crippen LogP contribution in [0.5, 0.6) is 0 Å². The normalized spacial score (nSPS) is 14.9. The highest BCUT2D eigenvalue weighted by atomic mass is 32.2. The zero-order chi connectivity index (χ0) is 24.0. The molecule has 3 aromatic heterocycles. The van der Waals surface area contributed by atoms with E-state index in [1.807, 2.05) is 33.7 Å². The predicted octanol–water partition coefficient (Wildman–Crippen LogP) is 1.07. The van der Waals surface area contributed by atoms with E-state index in [9.17, 15) is 14.4 Å². The Balaban J connectivity index is 1.49. The molecule has 1 saturated heterocycles. The molecule has 1 fully saturated rings. The Labute approximate surface area is 198 Å². The maximum absolute atomic E-state index is 13.1. The molecule has 5 rings (SSSR count). The number of primary amides is 1. The highest BCUT2D eigenvalue weighted by Gasteiger charge is 2.28. The Morgan fingerprint density at radius 2 is 1.88 bits per heavy atom. The number of carbonyl (C=O) groups excluding carboxylic acids is 1. The lowest BCUT2D eigenvalue weighted by molar-refractivity contribution is -0.122. The van der Waals surface area contributed by atoms with Crippen LogP contribution in [-0.4, -0.2) is 48.4 Å². The lowest BCUT2D eigenvalue weighted by Gasteiger charge is -2.31. The number of imidazole rings is 1. The second-order valence-electron chi connectivity index (χ2n) is 8.40. The molecule has 12 heteroatoms. The van der Waals surface area contributed by atoms with E-state index in [2.05, 4.69) is 4.98 Å². The van der Waals surface area contributed by atoms with E-state index in [0.29, 0.717) is 60.6 Å². The van der Waals surface area contributed by atoms with Gasteiger partial charge in [0.2, 0.25) is 11.9 Å².